The number of amides is 2. The van der Waals surface area contributed by atoms with Crippen molar-refractivity contribution < 1.29 is 14.3 Å². The number of hydrogen-bond acceptors (Lipinski definition) is 4. The van der Waals surface area contributed by atoms with Crippen LogP contribution in [-0.2, 0) is 11.3 Å². The van der Waals surface area contributed by atoms with Crippen molar-refractivity contribution in [3.05, 3.63) is 28.8 Å². The number of piperidine rings is 1. The molecule has 6 nitrogen and oxygen atoms in total. The van der Waals surface area contributed by atoms with E-state index in [0.29, 0.717) is 12.6 Å². The molecule has 1 unspecified atom stereocenters. The Morgan fingerprint density at radius 1 is 1.22 bits per heavy atom. The Balaban J connectivity index is 1.33. The number of carbonyl (C=O) groups excluding carboxylic acids is 1. The van der Waals surface area contributed by atoms with E-state index in [9.17, 15) is 4.79 Å². The average Bonchev–Trinajstić information content (AvgIpc) is 3.33. The number of carbonyl (C=O) groups is 1. The summed E-state index contributed by atoms with van der Waals surface area (Å²) < 4.78 is 11.7. The molecule has 0 aromatic heterocycles. The fourth-order valence-corrected chi connectivity index (χ4v) is 4.43. The molecular formula is C20H28ClN3O3. The van der Waals surface area contributed by atoms with Gasteiger partial charge in [0.2, 0.25) is 0 Å². The van der Waals surface area contributed by atoms with Gasteiger partial charge in [-0.25, -0.2) is 4.79 Å². The molecule has 148 valence electrons. The summed E-state index contributed by atoms with van der Waals surface area (Å²) in [5, 5.41) is 3.64. The Labute approximate surface area is 165 Å². The fraction of sp³-hybridized carbons (Fsp3) is 0.650. The third-order valence-electron chi connectivity index (χ3n) is 5.75. The first-order valence-corrected chi connectivity index (χ1v) is 10.4. The molecule has 3 aliphatic rings. The van der Waals surface area contributed by atoms with Crippen LogP contribution in [0.3, 0.4) is 0 Å². The van der Waals surface area contributed by atoms with Gasteiger partial charge in [0.25, 0.3) is 0 Å². The Kier molecular flexibility index (Phi) is 6.05. The van der Waals surface area contributed by atoms with E-state index in [1.807, 2.05) is 23.1 Å². The summed E-state index contributed by atoms with van der Waals surface area (Å²) >= 11 is 6.24. The third kappa shape index (κ3) is 4.68. The maximum atomic E-state index is 11.9. The lowest BCUT2D eigenvalue weighted by Crippen LogP contribution is -2.45. The van der Waals surface area contributed by atoms with Gasteiger partial charge in [-0.05, 0) is 43.9 Å². The number of halogens is 1. The second kappa shape index (κ2) is 8.67. The summed E-state index contributed by atoms with van der Waals surface area (Å²) in [7, 11) is 0. The molecule has 1 N–H and O–H groups in total. The van der Waals surface area contributed by atoms with E-state index in [2.05, 4.69) is 10.2 Å². The van der Waals surface area contributed by atoms with Gasteiger partial charge in [-0.1, -0.05) is 11.6 Å². The number of nitrogens with one attached hydrogen (secondary N) is 1. The molecule has 1 aromatic carbocycles. The number of urea groups is 1. The average molecular weight is 394 g/mol. The number of benzene rings is 1. The molecule has 27 heavy (non-hydrogen) atoms. The first-order valence-electron chi connectivity index (χ1n) is 9.99. The maximum absolute atomic E-state index is 11.9. The van der Waals surface area contributed by atoms with Gasteiger partial charge in [0.15, 0.2) is 0 Å². The summed E-state index contributed by atoms with van der Waals surface area (Å²) in [6, 6.07) is 6.31. The summed E-state index contributed by atoms with van der Waals surface area (Å²) in [5.41, 5.74) is 1.12. The molecule has 1 aromatic rings. The predicted octanol–water partition coefficient (Wildman–Crippen LogP) is 2.89. The summed E-state index contributed by atoms with van der Waals surface area (Å²) in [5.74, 6) is 0.899. The number of nitrogens with zero attached hydrogens (tertiary/aromatic N) is 2. The van der Waals surface area contributed by atoms with Crippen molar-refractivity contribution in [2.45, 2.75) is 44.4 Å². The van der Waals surface area contributed by atoms with Crippen molar-refractivity contribution >= 4 is 17.6 Å². The summed E-state index contributed by atoms with van der Waals surface area (Å²) in [6.07, 6.45) is 4.42. The lowest BCUT2D eigenvalue weighted by atomic mass is 10.0. The molecule has 7 heteroatoms. The first-order chi connectivity index (χ1) is 13.2. The van der Waals surface area contributed by atoms with Crippen LogP contribution in [0, 0.1) is 0 Å². The highest BCUT2D eigenvalue weighted by molar-refractivity contribution is 6.30. The monoisotopic (exact) mass is 393 g/mol. The quantitative estimate of drug-likeness (QED) is 0.807. The molecule has 3 aliphatic heterocycles. The predicted molar refractivity (Wildman–Crippen MR) is 104 cm³/mol. The zero-order valence-electron chi connectivity index (χ0n) is 15.7. The molecule has 2 amide bonds. The van der Waals surface area contributed by atoms with Crippen LogP contribution in [0.25, 0.3) is 0 Å². The minimum Gasteiger partial charge on any atom is -0.491 e. The van der Waals surface area contributed by atoms with Gasteiger partial charge >= 0.3 is 6.03 Å². The largest absolute Gasteiger partial charge is 0.491 e. The van der Waals surface area contributed by atoms with Crippen LogP contribution in [0.1, 0.15) is 31.2 Å². The first kappa shape index (κ1) is 18.8. The van der Waals surface area contributed by atoms with E-state index >= 15 is 0 Å². The summed E-state index contributed by atoms with van der Waals surface area (Å²) in [6.45, 7) is 5.82. The van der Waals surface area contributed by atoms with Crippen molar-refractivity contribution in [1.29, 1.82) is 0 Å². The van der Waals surface area contributed by atoms with Crippen LogP contribution in [0.2, 0.25) is 5.02 Å². The van der Waals surface area contributed by atoms with E-state index in [1.165, 1.54) is 0 Å². The minimum absolute atomic E-state index is 0.0908. The van der Waals surface area contributed by atoms with Gasteiger partial charge in [0.1, 0.15) is 12.4 Å². The molecule has 1 atom stereocenters. The maximum Gasteiger partial charge on any atom is 0.317 e. The third-order valence-corrected chi connectivity index (χ3v) is 5.99. The van der Waals surface area contributed by atoms with Gasteiger partial charge in [0.05, 0.1) is 6.10 Å². The van der Waals surface area contributed by atoms with Crippen molar-refractivity contribution in [1.82, 2.24) is 15.1 Å². The van der Waals surface area contributed by atoms with Gasteiger partial charge in [0, 0.05) is 56.0 Å². The molecular weight excluding hydrogens is 366 g/mol. The number of ether oxygens (including phenoxy) is 2. The number of hydrogen-bond donors (Lipinski definition) is 1. The van der Waals surface area contributed by atoms with Crippen LogP contribution >= 0.6 is 11.6 Å². The van der Waals surface area contributed by atoms with Crippen molar-refractivity contribution in [2.75, 3.05) is 39.4 Å². The second-order valence-corrected chi connectivity index (χ2v) is 8.07. The van der Waals surface area contributed by atoms with Crippen molar-refractivity contribution in [2.24, 2.45) is 0 Å². The topological polar surface area (TPSA) is 54.0 Å². The molecule has 4 rings (SSSR count). The van der Waals surface area contributed by atoms with Gasteiger partial charge in [-0.15, -0.1) is 0 Å². The lowest BCUT2D eigenvalue weighted by Gasteiger charge is -2.36. The van der Waals surface area contributed by atoms with Gasteiger partial charge in [-0.2, -0.15) is 0 Å². The highest BCUT2D eigenvalue weighted by Gasteiger charge is 2.30. The summed E-state index contributed by atoms with van der Waals surface area (Å²) in [4.78, 5) is 16.3. The highest BCUT2D eigenvalue weighted by atomic mass is 35.5. The Hall–Kier alpha value is -1.50. The molecule has 3 saturated heterocycles. The van der Waals surface area contributed by atoms with Crippen molar-refractivity contribution in [3.8, 4) is 5.75 Å². The minimum atomic E-state index is 0.0908. The number of likely N-dealkylation sites (tertiary alicyclic amines) is 1. The SMILES string of the molecule is O=C1NCCN1C1CCN(Cc2cc(Cl)ccc2OCC2CCCO2)CC1. The van der Waals surface area contributed by atoms with E-state index in [1.54, 1.807) is 0 Å². The fourth-order valence-electron chi connectivity index (χ4n) is 4.24. The van der Waals surface area contributed by atoms with Gasteiger partial charge in [-0.3, -0.25) is 4.90 Å². The standard InChI is InChI=1S/C20H28ClN3O3/c21-16-3-4-19(27-14-18-2-1-11-26-18)15(12-16)13-23-8-5-17(6-9-23)24-10-7-22-20(24)25/h3-4,12,17-18H,1-2,5-11,13-14H2,(H,22,25). The van der Waals surface area contributed by atoms with Crippen molar-refractivity contribution in [3.63, 3.8) is 0 Å². The molecule has 3 heterocycles. The molecule has 0 saturated carbocycles. The van der Waals surface area contributed by atoms with Crippen LogP contribution in [0.4, 0.5) is 4.79 Å². The van der Waals surface area contributed by atoms with Gasteiger partial charge < -0.3 is 19.7 Å². The van der Waals surface area contributed by atoms with E-state index in [0.717, 1.165) is 81.3 Å². The van der Waals surface area contributed by atoms with Crippen LogP contribution in [0.15, 0.2) is 18.2 Å². The Bertz CT molecular complexity index is 658. The molecule has 0 aliphatic carbocycles. The van der Waals surface area contributed by atoms with Crippen LogP contribution in [-0.4, -0.2) is 67.4 Å². The second-order valence-electron chi connectivity index (χ2n) is 7.63. The Morgan fingerprint density at radius 2 is 2.07 bits per heavy atom. The lowest BCUT2D eigenvalue weighted by molar-refractivity contribution is 0.0670. The molecule has 0 radical (unpaired) electrons. The van der Waals surface area contributed by atoms with E-state index < -0.39 is 0 Å². The smallest absolute Gasteiger partial charge is 0.317 e. The normalized spacial score (nSPS) is 24.4. The van der Waals surface area contributed by atoms with E-state index in [-0.39, 0.29) is 12.1 Å². The van der Waals surface area contributed by atoms with Crippen LogP contribution < -0.4 is 10.1 Å². The molecule has 0 bridgehead atoms. The molecule has 3 fully saturated rings. The zero-order chi connectivity index (χ0) is 18.6. The Morgan fingerprint density at radius 3 is 2.78 bits per heavy atom. The zero-order valence-corrected chi connectivity index (χ0v) is 16.4. The van der Waals surface area contributed by atoms with Crippen LogP contribution in [0.5, 0.6) is 5.75 Å². The number of rotatable bonds is 6. The molecule has 0 spiro atoms. The highest BCUT2D eigenvalue weighted by Crippen LogP contribution is 2.27. The van der Waals surface area contributed by atoms with E-state index in [4.69, 9.17) is 21.1 Å².